The molecule has 2 aromatic rings. The Morgan fingerprint density at radius 3 is 2.54 bits per heavy atom. The monoisotopic (exact) mass is 332 g/mol. The molecule has 1 N–H and O–H groups in total. The van der Waals surface area contributed by atoms with Gasteiger partial charge in [0.1, 0.15) is 4.92 Å². The number of hydrogen-bond acceptors (Lipinski definition) is 7. The Morgan fingerprint density at radius 1 is 1.21 bits per heavy atom. The van der Waals surface area contributed by atoms with E-state index in [0.717, 1.165) is 12.1 Å². The second-order valence-electron chi connectivity index (χ2n) is 4.62. The number of anilines is 1. The Balaban J connectivity index is 1.94. The number of carbonyl (C=O) groups excluding carboxylic acids is 3. The molecule has 1 aromatic heterocycles. The topological polar surface area (TPSA) is 129 Å². The molecule has 0 aliphatic rings. The number of esters is 1. The van der Waals surface area contributed by atoms with Gasteiger partial charge in [0.2, 0.25) is 5.76 Å². The standard InChI is InChI=1S/C15H12N2O7/c1-9(18)10-4-2-3-5-11(10)16-13(19)8-23-15(20)12-6-7-14(24-12)17(21)22/h2-7H,8H2,1H3,(H,16,19). The number of furan rings is 1. The van der Waals surface area contributed by atoms with E-state index in [2.05, 4.69) is 9.73 Å². The fraction of sp³-hybridized carbons (Fsp3) is 0.133. The lowest BCUT2D eigenvalue weighted by Gasteiger charge is -2.08. The molecule has 1 aromatic carbocycles. The molecule has 0 saturated carbocycles. The number of ether oxygens (including phenoxy) is 1. The molecular formula is C15H12N2O7. The van der Waals surface area contributed by atoms with Gasteiger partial charge in [0.15, 0.2) is 12.4 Å². The zero-order chi connectivity index (χ0) is 17.7. The van der Waals surface area contributed by atoms with E-state index in [1.165, 1.54) is 13.0 Å². The molecule has 0 aliphatic heterocycles. The van der Waals surface area contributed by atoms with Crippen molar-refractivity contribution in [2.24, 2.45) is 0 Å². The van der Waals surface area contributed by atoms with E-state index in [0.29, 0.717) is 11.3 Å². The molecule has 0 fully saturated rings. The molecule has 0 bridgehead atoms. The van der Waals surface area contributed by atoms with Crippen LogP contribution in [0.25, 0.3) is 0 Å². The number of hydrogen-bond donors (Lipinski definition) is 1. The zero-order valence-corrected chi connectivity index (χ0v) is 12.5. The number of para-hydroxylation sites is 1. The number of Topliss-reactive ketones (excluding diaryl/α,β-unsaturated/α-hetero) is 1. The van der Waals surface area contributed by atoms with Crippen LogP contribution < -0.4 is 5.32 Å². The maximum absolute atomic E-state index is 11.8. The second-order valence-corrected chi connectivity index (χ2v) is 4.62. The van der Waals surface area contributed by atoms with Crippen molar-refractivity contribution in [3.8, 4) is 0 Å². The highest BCUT2D eigenvalue weighted by atomic mass is 16.7. The van der Waals surface area contributed by atoms with E-state index < -0.39 is 35.1 Å². The number of ketones is 1. The van der Waals surface area contributed by atoms with Crippen LogP contribution in [-0.4, -0.2) is 29.2 Å². The lowest BCUT2D eigenvalue weighted by Crippen LogP contribution is -2.21. The van der Waals surface area contributed by atoms with Crippen molar-refractivity contribution in [2.75, 3.05) is 11.9 Å². The third-order valence-electron chi connectivity index (χ3n) is 2.89. The Hall–Kier alpha value is -3.49. The third kappa shape index (κ3) is 4.03. The average Bonchev–Trinajstić information content (AvgIpc) is 3.03. The normalized spacial score (nSPS) is 10.0. The maximum Gasteiger partial charge on any atom is 0.433 e. The Labute approximate surface area is 135 Å². The minimum Gasteiger partial charge on any atom is -0.450 e. The predicted molar refractivity (Wildman–Crippen MR) is 80.7 cm³/mol. The van der Waals surface area contributed by atoms with Gasteiger partial charge in [-0.05, 0) is 25.1 Å². The molecule has 0 unspecified atom stereocenters. The van der Waals surface area contributed by atoms with Crippen molar-refractivity contribution >= 4 is 29.2 Å². The lowest BCUT2D eigenvalue weighted by molar-refractivity contribution is -0.402. The van der Waals surface area contributed by atoms with Crippen LogP contribution in [0.2, 0.25) is 0 Å². The number of nitrogens with one attached hydrogen (secondary N) is 1. The van der Waals surface area contributed by atoms with Crippen LogP contribution in [0.5, 0.6) is 0 Å². The molecule has 124 valence electrons. The largest absolute Gasteiger partial charge is 0.450 e. The number of amides is 1. The highest BCUT2D eigenvalue weighted by Crippen LogP contribution is 2.17. The van der Waals surface area contributed by atoms with Gasteiger partial charge in [-0.3, -0.25) is 19.7 Å². The molecule has 0 aliphatic carbocycles. The van der Waals surface area contributed by atoms with Crippen LogP contribution in [0.1, 0.15) is 27.8 Å². The minimum atomic E-state index is -1.02. The summed E-state index contributed by atoms with van der Waals surface area (Å²) >= 11 is 0. The molecule has 9 nitrogen and oxygen atoms in total. The average molecular weight is 332 g/mol. The van der Waals surface area contributed by atoms with Gasteiger partial charge >= 0.3 is 11.9 Å². The molecule has 0 atom stereocenters. The summed E-state index contributed by atoms with van der Waals surface area (Å²) in [4.78, 5) is 44.5. The first kappa shape index (κ1) is 16.9. The molecular weight excluding hydrogens is 320 g/mol. The molecule has 2 rings (SSSR count). The Bertz CT molecular complexity index is 810. The quantitative estimate of drug-likeness (QED) is 0.371. The molecule has 9 heteroatoms. The van der Waals surface area contributed by atoms with E-state index in [4.69, 9.17) is 4.74 Å². The maximum atomic E-state index is 11.8. The zero-order valence-electron chi connectivity index (χ0n) is 12.5. The van der Waals surface area contributed by atoms with E-state index in [-0.39, 0.29) is 5.78 Å². The smallest absolute Gasteiger partial charge is 0.433 e. The van der Waals surface area contributed by atoms with Crippen molar-refractivity contribution in [1.29, 1.82) is 0 Å². The summed E-state index contributed by atoms with van der Waals surface area (Å²) in [7, 11) is 0. The fourth-order valence-electron chi connectivity index (χ4n) is 1.82. The van der Waals surface area contributed by atoms with Gasteiger partial charge in [-0.1, -0.05) is 12.1 Å². The number of nitro groups is 1. The summed E-state index contributed by atoms with van der Waals surface area (Å²) < 4.78 is 9.36. The summed E-state index contributed by atoms with van der Waals surface area (Å²) in [5.41, 5.74) is 0.610. The van der Waals surface area contributed by atoms with Gasteiger partial charge in [-0.2, -0.15) is 0 Å². The molecule has 24 heavy (non-hydrogen) atoms. The number of carbonyl (C=O) groups is 3. The van der Waals surface area contributed by atoms with Gasteiger partial charge in [0, 0.05) is 5.56 Å². The Morgan fingerprint density at radius 2 is 1.92 bits per heavy atom. The summed E-state index contributed by atoms with van der Waals surface area (Å²) in [5, 5.41) is 12.9. The summed E-state index contributed by atoms with van der Waals surface area (Å²) in [6, 6.07) is 8.44. The first-order valence-corrected chi connectivity index (χ1v) is 6.69. The highest BCUT2D eigenvalue weighted by Gasteiger charge is 2.19. The van der Waals surface area contributed by atoms with Crippen LogP contribution in [-0.2, 0) is 9.53 Å². The van der Waals surface area contributed by atoms with Gasteiger partial charge in [-0.25, -0.2) is 4.79 Å². The van der Waals surface area contributed by atoms with E-state index in [1.54, 1.807) is 18.2 Å². The fourth-order valence-corrected chi connectivity index (χ4v) is 1.82. The predicted octanol–water partition coefficient (Wildman–Crippen LogP) is 2.19. The third-order valence-corrected chi connectivity index (χ3v) is 2.89. The molecule has 1 amide bonds. The van der Waals surface area contributed by atoms with Crippen LogP contribution >= 0.6 is 0 Å². The first-order valence-electron chi connectivity index (χ1n) is 6.69. The number of benzene rings is 1. The van der Waals surface area contributed by atoms with E-state index in [1.807, 2.05) is 0 Å². The van der Waals surface area contributed by atoms with E-state index >= 15 is 0 Å². The number of rotatable bonds is 6. The van der Waals surface area contributed by atoms with Gasteiger partial charge in [-0.15, -0.1) is 0 Å². The first-order chi connectivity index (χ1) is 11.4. The van der Waals surface area contributed by atoms with Crippen LogP contribution in [0.15, 0.2) is 40.8 Å². The van der Waals surface area contributed by atoms with E-state index in [9.17, 15) is 24.5 Å². The summed E-state index contributed by atoms with van der Waals surface area (Å²) in [6.07, 6.45) is 0. The minimum absolute atomic E-state index is 0.231. The van der Waals surface area contributed by atoms with Gasteiger partial charge in [0.05, 0.1) is 11.8 Å². The molecule has 1 heterocycles. The highest BCUT2D eigenvalue weighted by molar-refractivity contribution is 6.04. The molecule has 0 radical (unpaired) electrons. The SMILES string of the molecule is CC(=O)c1ccccc1NC(=O)COC(=O)c1ccc([N+](=O)[O-])o1. The van der Waals surface area contributed by atoms with Crippen LogP contribution in [0.3, 0.4) is 0 Å². The van der Waals surface area contributed by atoms with Crippen molar-refractivity contribution in [1.82, 2.24) is 0 Å². The van der Waals surface area contributed by atoms with Crippen LogP contribution in [0, 0.1) is 10.1 Å². The molecule has 0 spiro atoms. The van der Waals surface area contributed by atoms with Crippen molar-refractivity contribution in [3.63, 3.8) is 0 Å². The lowest BCUT2D eigenvalue weighted by atomic mass is 10.1. The van der Waals surface area contributed by atoms with Crippen molar-refractivity contribution in [2.45, 2.75) is 6.92 Å². The molecule has 0 saturated heterocycles. The van der Waals surface area contributed by atoms with Gasteiger partial charge < -0.3 is 14.5 Å². The number of nitrogens with zero attached hydrogens (tertiary/aromatic N) is 1. The summed E-state index contributed by atoms with van der Waals surface area (Å²) in [5.74, 6) is -2.91. The Kier molecular flexibility index (Phi) is 5.05. The van der Waals surface area contributed by atoms with Gasteiger partial charge in [0.25, 0.3) is 5.91 Å². The van der Waals surface area contributed by atoms with Crippen LogP contribution in [0.4, 0.5) is 11.6 Å². The summed E-state index contributed by atoms with van der Waals surface area (Å²) in [6.45, 7) is 0.717. The van der Waals surface area contributed by atoms with Crippen molar-refractivity contribution in [3.05, 3.63) is 57.8 Å². The second kappa shape index (κ2) is 7.18. The van der Waals surface area contributed by atoms with Crippen molar-refractivity contribution < 1.29 is 28.5 Å².